The van der Waals surface area contributed by atoms with Crippen LogP contribution in [0.4, 0.5) is 0 Å². The fourth-order valence-corrected chi connectivity index (χ4v) is 5.43. The zero-order valence-corrected chi connectivity index (χ0v) is 25.8. The van der Waals surface area contributed by atoms with E-state index in [1.807, 2.05) is 7.85 Å². The second-order valence-corrected chi connectivity index (χ2v) is 11.8. The van der Waals surface area contributed by atoms with Crippen molar-refractivity contribution in [2.24, 2.45) is 0 Å². The fraction of sp³-hybridized carbons (Fsp3) is 1.00. The molecule has 0 saturated carbocycles. The van der Waals surface area contributed by atoms with Crippen molar-refractivity contribution in [1.82, 2.24) is 0 Å². The van der Waals surface area contributed by atoms with Gasteiger partial charge >= 0.3 is 7.82 Å². The number of unbranched alkanes of at least 4 members (excludes halogenated alkanes) is 7. The zero-order valence-electron chi connectivity index (χ0n) is 24.9. The number of ether oxygens (including phenoxy) is 2. The highest BCUT2D eigenvalue weighted by Crippen LogP contribution is 2.50. The molecule has 0 N–H and O–H groups in total. The van der Waals surface area contributed by atoms with Crippen molar-refractivity contribution in [2.45, 2.75) is 155 Å². The molecule has 0 saturated heterocycles. The molecule has 36 heavy (non-hydrogen) atoms. The first-order chi connectivity index (χ1) is 17.4. The minimum atomic E-state index is -3.69. The molecule has 9 heteroatoms. The van der Waals surface area contributed by atoms with E-state index in [2.05, 4.69) is 35.5 Å². The predicted molar refractivity (Wildman–Crippen MR) is 158 cm³/mol. The van der Waals surface area contributed by atoms with E-state index in [1.54, 1.807) is 0 Å². The van der Waals surface area contributed by atoms with Crippen LogP contribution < -0.4 is 0 Å². The average Bonchev–Trinajstić information content (AvgIpc) is 2.89. The molecule has 0 amide bonds. The highest BCUT2D eigenvalue weighted by molar-refractivity contribution is 7.48. The lowest BCUT2D eigenvalue weighted by Crippen LogP contribution is -2.27. The molecule has 0 aromatic rings. The quantitative estimate of drug-likeness (QED) is 0.0650. The lowest BCUT2D eigenvalue weighted by atomic mass is 9.98. The van der Waals surface area contributed by atoms with Crippen LogP contribution >= 0.6 is 7.82 Å². The van der Waals surface area contributed by atoms with Crippen LogP contribution in [0.2, 0.25) is 12.6 Å². The van der Waals surface area contributed by atoms with E-state index in [0.717, 1.165) is 38.4 Å². The van der Waals surface area contributed by atoms with Gasteiger partial charge in [0.05, 0.1) is 37.6 Å². The Bertz CT molecular complexity index is 528. The van der Waals surface area contributed by atoms with Crippen LogP contribution in [0.5, 0.6) is 0 Å². The molecule has 0 bridgehead atoms. The van der Waals surface area contributed by atoms with Gasteiger partial charge in [0, 0.05) is 7.11 Å². The van der Waals surface area contributed by atoms with Crippen molar-refractivity contribution in [2.75, 3.05) is 20.3 Å². The number of rotatable bonds is 27. The molecular weight excluding hydrogens is 473 g/mol. The van der Waals surface area contributed by atoms with Gasteiger partial charge in [-0.2, -0.15) is 0 Å². The Morgan fingerprint density at radius 3 is 1.75 bits per heavy atom. The van der Waals surface area contributed by atoms with Gasteiger partial charge in [0.15, 0.2) is 0 Å². The molecule has 0 rings (SSSR count). The van der Waals surface area contributed by atoms with Crippen LogP contribution in [0.3, 0.4) is 0 Å². The monoisotopic (exact) mass is 532 g/mol. The summed E-state index contributed by atoms with van der Waals surface area (Å²) in [6.07, 6.45) is 17.9. The largest absolute Gasteiger partial charge is 0.474 e. The van der Waals surface area contributed by atoms with E-state index >= 15 is 0 Å². The molecule has 0 aromatic heterocycles. The third-order valence-corrected chi connectivity index (χ3v) is 8.28. The van der Waals surface area contributed by atoms with E-state index in [0.29, 0.717) is 12.9 Å². The third kappa shape index (κ3) is 18.4. The molecule has 6 nitrogen and oxygen atoms in total. The van der Waals surface area contributed by atoms with Crippen LogP contribution in [0.1, 0.15) is 118 Å². The van der Waals surface area contributed by atoms with E-state index in [-0.39, 0.29) is 31.0 Å². The summed E-state index contributed by atoms with van der Waals surface area (Å²) in [6, 6.07) is 0. The van der Waals surface area contributed by atoms with Gasteiger partial charge in [0.1, 0.15) is 15.7 Å². The molecule has 5 atom stereocenters. The number of phosphoric ester groups is 1. The second kappa shape index (κ2) is 24.2. The summed E-state index contributed by atoms with van der Waals surface area (Å²) in [5, 5.41) is 0. The van der Waals surface area contributed by atoms with Gasteiger partial charge in [0.2, 0.25) is 0 Å². The minimum absolute atomic E-state index is 0.130. The molecule has 0 aliphatic heterocycles. The lowest BCUT2D eigenvalue weighted by Gasteiger charge is -2.27. The number of phosphoric acid groups is 1. The van der Waals surface area contributed by atoms with Gasteiger partial charge in [-0.15, -0.1) is 0 Å². The maximum Gasteiger partial charge on any atom is 0.474 e. The molecule has 0 aliphatic rings. The maximum absolute atomic E-state index is 13.2. The predicted octanol–water partition coefficient (Wildman–Crippen LogP) is 6.93. The van der Waals surface area contributed by atoms with Crippen LogP contribution in [0, 0.1) is 0 Å². The molecule has 0 radical (unpaired) electrons. The number of hydrogen-bond acceptors (Lipinski definition) is 6. The Morgan fingerprint density at radius 2 is 1.25 bits per heavy atom. The van der Waals surface area contributed by atoms with Crippen LogP contribution in [-0.2, 0) is 27.6 Å². The van der Waals surface area contributed by atoms with Gasteiger partial charge in [-0.05, 0) is 25.7 Å². The van der Waals surface area contributed by atoms with Crippen molar-refractivity contribution < 1.29 is 27.6 Å². The zero-order chi connectivity index (χ0) is 27.1. The lowest BCUT2D eigenvalue weighted by molar-refractivity contribution is -0.0461. The van der Waals surface area contributed by atoms with Gasteiger partial charge in [-0.3, -0.25) is 13.6 Å². The first-order valence-electron chi connectivity index (χ1n) is 15.2. The average molecular weight is 532 g/mol. The maximum atomic E-state index is 13.2. The second-order valence-electron chi connectivity index (χ2n) is 10.1. The van der Waals surface area contributed by atoms with Crippen LogP contribution in [0.25, 0.3) is 0 Å². The van der Waals surface area contributed by atoms with Crippen molar-refractivity contribution in [1.29, 1.82) is 0 Å². The van der Waals surface area contributed by atoms with Crippen molar-refractivity contribution >= 4 is 23.5 Å². The Kier molecular flexibility index (Phi) is 24.3. The molecule has 0 heterocycles. The molecule has 0 aromatic carbocycles. The first-order valence-corrected chi connectivity index (χ1v) is 16.6. The minimum Gasteiger partial charge on any atom is -0.376 e. The molecular formula is C27H59B2O6P. The number of hydrogen-bond donors (Lipinski definition) is 0. The molecule has 0 spiro atoms. The highest BCUT2D eigenvalue weighted by Gasteiger charge is 2.31. The smallest absolute Gasteiger partial charge is 0.376 e. The molecule has 3 unspecified atom stereocenters. The standard InChI is InChI=1S/C27H59B2O6P/c1-6-10-12-14-16-19-25(18-15-13-11-7-2)34-26(20-28)23-33-36(30,31-5)35-27(21-29)22-32-24(9-4)17-8-3/h24-27H,6-23,28-29H2,1-5H3/t24?,25?,26-,27-,36?/m1/s1. The first kappa shape index (κ1) is 36.2. The van der Waals surface area contributed by atoms with E-state index in [1.165, 1.54) is 64.9 Å². The Balaban J connectivity index is 4.86. The van der Waals surface area contributed by atoms with E-state index < -0.39 is 7.82 Å². The highest BCUT2D eigenvalue weighted by atomic mass is 31.2. The molecule has 0 aliphatic carbocycles. The topological polar surface area (TPSA) is 63.2 Å². The van der Waals surface area contributed by atoms with Crippen molar-refractivity contribution in [3.05, 3.63) is 0 Å². The Labute approximate surface area is 226 Å². The van der Waals surface area contributed by atoms with Crippen molar-refractivity contribution in [3.8, 4) is 0 Å². The van der Waals surface area contributed by atoms with E-state index in [4.69, 9.17) is 23.0 Å². The van der Waals surface area contributed by atoms with Gasteiger partial charge < -0.3 is 9.47 Å². The summed E-state index contributed by atoms with van der Waals surface area (Å²) in [4.78, 5) is 0. The van der Waals surface area contributed by atoms with Gasteiger partial charge in [-0.1, -0.05) is 105 Å². The normalized spacial score (nSPS) is 16.9. The van der Waals surface area contributed by atoms with E-state index in [9.17, 15) is 4.57 Å². The summed E-state index contributed by atoms with van der Waals surface area (Å²) in [5.74, 6) is 0. The Morgan fingerprint density at radius 1 is 0.667 bits per heavy atom. The summed E-state index contributed by atoms with van der Waals surface area (Å²) in [6.45, 7) is 9.35. The fourth-order valence-electron chi connectivity index (χ4n) is 4.26. The summed E-state index contributed by atoms with van der Waals surface area (Å²) in [5.41, 5.74) is 0. The summed E-state index contributed by atoms with van der Waals surface area (Å²) >= 11 is 0. The van der Waals surface area contributed by atoms with Crippen LogP contribution in [0.15, 0.2) is 0 Å². The van der Waals surface area contributed by atoms with Crippen molar-refractivity contribution in [3.63, 3.8) is 0 Å². The SMILES string of the molecule is BC[C@H](COP(=O)(OC)O[C@H](CB)COC(CC)CCC)OC(CCCCCC)CCCCCCC. The third-order valence-electron chi connectivity index (χ3n) is 6.81. The van der Waals surface area contributed by atoms with Gasteiger partial charge in [0.25, 0.3) is 0 Å². The molecule has 0 fully saturated rings. The summed E-state index contributed by atoms with van der Waals surface area (Å²) < 4.78 is 42.6. The molecule has 214 valence electrons. The Hall–Kier alpha value is 0.160. The van der Waals surface area contributed by atoms with Gasteiger partial charge in [-0.25, -0.2) is 4.57 Å². The summed E-state index contributed by atoms with van der Waals surface area (Å²) in [7, 11) is 1.78. The van der Waals surface area contributed by atoms with Crippen LogP contribution in [-0.4, -0.2) is 60.4 Å².